The average Bonchev–Trinajstić information content (AvgIpc) is 3.15. The number of esters is 1. The first-order chi connectivity index (χ1) is 27.1. The van der Waals surface area contributed by atoms with Gasteiger partial charge in [-0.05, 0) is 70.6 Å². The molecule has 0 aromatic rings. The van der Waals surface area contributed by atoms with Crippen LogP contribution in [-0.4, -0.2) is 70.7 Å². The molecule has 0 radical (unpaired) electrons. The molecule has 0 spiro atoms. The van der Waals surface area contributed by atoms with Crippen LogP contribution in [0.2, 0.25) is 0 Å². The molecule has 0 amide bonds. The highest BCUT2D eigenvalue weighted by Crippen LogP contribution is 2.38. The summed E-state index contributed by atoms with van der Waals surface area (Å²) < 4.78 is 34.4. The van der Waals surface area contributed by atoms with E-state index in [2.05, 4.69) is 86.8 Å². The minimum atomic E-state index is -4.56. The number of quaternary nitrogens is 1. The standard InChI is InChI=1S/C47H82NO7P/c1-6-8-10-12-14-16-18-20-22-23-24-25-27-29-31-33-35-37-39-42-52-44-46(45-54-56(50,51)53-43-41-48(3,4)5)55-47(49)40-38-36-34-32-30-28-26-21-19-17-15-13-11-9-7-2/h9,11,15-18,21-23,26,30,32,36,38,46H,6-8,10,12-14,19-20,24-25,27-29,31,33-35,37,39-45H2,1-5H3/b11-9-,17-15-,18-16-,23-22-,26-21-,32-30-,38-36-. The number of allylic oxidation sites excluding steroid dienone is 13. The molecule has 0 aliphatic carbocycles. The number of rotatable bonds is 39. The summed E-state index contributed by atoms with van der Waals surface area (Å²) >= 11 is 0. The molecule has 9 heteroatoms. The molecule has 0 saturated heterocycles. The minimum Gasteiger partial charge on any atom is -0.756 e. The molecule has 56 heavy (non-hydrogen) atoms. The van der Waals surface area contributed by atoms with Crippen LogP contribution in [-0.2, 0) is 27.9 Å². The number of nitrogens with zero attached hydrogens (tertiary/aromatic N) is 1. The van der Waals surface area contributed by atoms with Gasteiger partial charge in [0.2, 0.25) is 0 Å². The van der Waals surface area contributed by atoms with Crippen LogP contribution >= 0.6 is 7.82 Å². The molecule has 0 rings (SSSR count). The van der Waals surface area contributed by atoms with E-state index in [1.165, 1.54) is 70.6 Å². The third kappa shape index (κ3) is 42.8. The topological polar surface area (TPSA) is 94.1 Å². The maximum Gasteiger partial charge on any atom is 0.310 e. The predicted octanol–water partition coefficient (Wildman–Crippen LogP) is 12.2. The van der Waals surface area contributed by atoms with E-state index in [1.807, 2.05) is 27.2 Å². The highest BCUT2D eigenvalue weighted by Gasteiger charge is 2.20. The zero-order valence-corrected chi connectivity index (χ0v) is 37.2. The molecule has 8 nitrogen and oxygen atoms in total. The largest absolute Gasteiger partial charge is 0.756 e. The van der Waals surface area contributed by atoms with E-state index in [9.17, 15) is 14.3 Å². The Morgan fingerprint density at radius 1 is 0.571 bits per heavy atom. The van der Waals surface area contributed by atoms with Crippen LogP contribution in [0.4, 0.5) is 0 Å². The van der Waals surface area contributed by atoms with E-state index in [0.717, 1.165) is 51.4 Å². The van der Waals surface area contributed by atoms with Crippen LogP contribution in [0.3, 0.4) is 0 Å². The van der Waals surface area contributed by atoms with E-state index in [-0.39, 0.29) is 26.2 Å². The molecule has 0 aliphatic rings. The molecule has 0 aromatic carbocycles. The molecule has 0 N–H and O–H groups in total. The lowest BCUT2D eigenvalue weighted by Gasteiger charge is -2.28. The van der Waals surface area contributed by atoms with Crippen molar-refractivity contribution < 1.29 is 37.3 Å². The number of hydrogen-bond acceptors (Lipinski definition) is 7. The normalized spacial score (nSPS) is 14.6. The van der Waals surface area contributed by atoms with Crippen molar-refractivity contribution in [2.75, 3.05) is 54.1 Å². The maximum atomic E-state index is 12.6. The van der Waals surface area contributed by atoms with Gasteiger partial charge in [-0.3, -0.25) is 9.36 Å². The molecular weight excluding hydrogens is 721 g/mol. The van der Waals surface area contributed by atoms with E-state index < -0.39 is 19.9 Å². The van der Waals surface area contributed by atoms with E-state index in [0.29, 0.717) is 24.1 Å². The number of carbonyl (C=O) groups is 1. The second-order valence-electron chi connectivity index (χ2n) is 15.3. The van der Waals surface area contributed by atoms with Crippen LogP contribution in [0.1, 0.15) is 149 Å². The predicted molar refractivity (Wildman–Crippen MR) is 235 cm³/mol. The fraction of sp³-hybridized carbons (Fsp3) is 0.681. The second-order valence-corrected chi connectivity index (χ2v) is 16.7. The van der Waals surface area contributed by atoms with Crippen molar-refractivity contribution in [2.24, 2.45) is 0 Å². The van der Waals surface area contributed by atoms with E-state index in [1.54, 1.807) is 6.08 Å². The Balaban J connectivity index is 4.37. The minimum absolute atomic E-state index is 0.00402. The number of phosphoric ester groups is 1. The Kier molecular flexibility index (Phi) is 37.9. The van der Waals surface area contributed by atoms with Crippen LogP contribution in [0, 0.1) is 0 Å². The zero-order valence-electron chi connectivity index (χ0n) is 36.3. The summed E-state index contributed by atoms with van der Waals surface area (Å²) in [6.07, 6.45) is 52.0. The lowest BCUT2D eigenvalue weighted by Crippen LogP contribution is -2.37. The van der Waals surface area contributed by atoms with Gasteiger partial charge in [-0.2, -0.15) is 0 Å². The summed E-state index contributed by atoms with van der Waals surface area (Å²) in [6.45, 7) is 5.11. The Hall–Kier alpha value is -2.32. The molecular formula is C47H82NO7P. The van der Waals surface area contributed by atoms with E-state index in [4.69, 9.17) is 18.5 Å². The molecule has 0 heterocycles. The molecule has 0 bridgehead atoms. The van der Waals surface area contributed by atoms with Gasteiger partial charge >= 0.3 is 5.97 Å². The summed E-state index contributed by atoms with van der Waals surface area (Å²) in [7, 11) is 1.28. The lowest BCUT2D eigenvalue weighted by atomic mass is 10.1. The maximum absolute atomic E-state index is 12.6. The summed E-state index contributed by atoms with van der Waals surface area (Å²) in [6, 6.07) is 0. The van der Waals surface area contributed by atoms with E-state index >= 15 is 0 Å². The molecule has 0 saturated carbocycles. The average molecular weight is 804 g/mol. The molecule has 0 aliphatic heterocycles. The second kappa shape index (κ2) is 39.5. The SMILES string of the molecule is CC/C=C\C/C=C\C/C=C\C/C=C\C/C=C\CC(=O)OC(COCCCCCCCCCC/C=C\C/C=C\CCCCCC)COP(=O)([O-])OCC[N+](C)(C)C. The Morgan fingerprint density at radius 3 is 1.55 bits per heavy atom. The number of phosphoric acid groups is 1. The first-order valence-electron chi connectivity index (χ1n) is 21.8. The van der Waals surface area contributed by atoms with Crippen molar-refractivity contribution in [3.05, 3.63) is 85.1 Å². The van der Waals surface area contributed by atoms with Gasteiger partial charge in [0.25, 0.3) is 7.82 Å². The molecule has 322 valence electrons. The molecule has 0 fully saturated rings. The number of likely N-dealkylation sites (N-methyl/N-ethyl adjacent to an activating group) is 1. The van der Waals surface area contributed by atoms with Gasteiger partial charge in [0.05, 0.1) is 40.8 Å². The van der Waals surface area contributed by atoms with Crippen molar-refractivity contribution >= 4 is 13.8 Å². The number of ether oxygens (including phenoxy) is 2. The summed E-state index contributed by atoms with van der Waals surface area (Å²) in [5, 5.41) is 0. The summed E-state index contributed by atoms with van der Waals surface area (Å²) in [4.78, 5) is 25.0. The van der Waals surface area contributed by atoms with Gasteiger partial charge in [-0.15, -0.1) is 0 Å². The van der Waals surface area contributed by atoms with Gasteiger partial charge in [0.15, 0.2) is 0 Å². The van der Waals surface area contributed by atoms with Gasteiger partial charge < -0.3 is 27.9 Å². The van der Waals surface area contributed by atoms with Crippen LogP contribution < -0.4 is 4.89 Å². The molecule has 0 aromatic heterocycles. The number of carbonyl (C=O) groups excluding carboxylic acids is 1. The Bertz CT molecular complexity index is 1170. The monoisotopic (exact) mass is 804 g/mol. The van der Waals surface area contributed by atoms with Gasteiger partial charge in [0.1, 0.15) is 19.3 Å². The molecule has 2 atom stereocenters. The first-order valence-corrected chi connectivity index (χ1v) is 23.3. The van der Waals surface area contributed by atoms with Gasteiger partial charge in [0, 0.05) is 6.61 Å². The van der Waals surface area contributed by atoms with Crippen molar-refractivity contribution in [1.82, 2.24) is 0 Å². The Labute approximate surface area is 344 Å². The zero-order chi connectivity index (χ0) is 41.3. The van der Waals surface area contributed by atoms with Crippen LogP contribution in [0.15, 0.2) is 85.1 Å². The third-order valence-electron chi connectivity index (χ3n) is 8.71. The molecule has 2 unspecified atom stereocenters. The van der Waals surface area contributed by atoms with Crippen molar-refractivity contribution in [2.45, 2.75) is 155 Å². The fourth-order valence-electron chi connectivity index (χ4n) is 5.36. The van der Waals surface area contributed by atoms with Crippen molar-refractivity contribution in [3.8, 4) is 0 Å². The van der Waals surface area contributed by atoms with Crippen LogP contribution in [0.25, 0.3) is 0 Å². The number of unbranched alkanes of at least 4 members (excludes halogenated alkanes) is 12. The van der Waals surface area contributed by atoms with Crippen molar-refractivity contribution in [1.29, 1.82) is 0 Å². The Morgan fingerprint density at radius 2 is 1.04 bits per heavy atom. The highest BCUT2D eigenvalue weighted by atomic mass is 31.2. The summed E-state index contributed by atoms with van der Waals surface area (Å²) in [5.41, 5.74) is 0. The lowest BCUT2D eigenvalue weighted by molar-refractivity contribution is -0.870. The van der Waals surface area contributed by atoms with Crippen molar-refractivity contribution in [3.63, 3.8) is 0 Å². The number of hydrogen-bond donors (Lipinski definition) is 0. The first kappa shape index (κ1) is 53.7. The quantitative estimate of drug-likeness (QED) is 0.0201. The smallest absolute Gasteiger partial charge is 0.310 e. The fourth-order valence-corrected chi connectivity index (χ4v) is 6.08. The van der Waals surface area contributed by atoms with Crippen LogP contribution in [0.5, 0.6) is 0 Å². The summed E-state index contributed by atoms with van der Waals surface area (Å²) in [5.74, 6) is -0.466. The van der Waals surface area contributed by atoms with Gasteiger partial charge in [-0.25, -0.2) is 0 Å². The highest BCUT2D eigenvalue weighted by molar-refractivity contribution is 7.45. The van der Waals surface area contributed by atoms with Gasteiger partial charge in [-0.1, -0.05) is 157 Å². The third-order valence-corrected chi connectivity index (χ3v) is 9.68.